The molecule has 14 rings (SSSR count). The number of pyridine rings is 5. The molecule has 0 saturated carbocycles. The van der Waals surface area contributed by atoms with E-state index in [2.05, 4.69) is 63.8 Å². The molecule has 29 nitrogen and oxygen atoms in total. The molecule has 3 aliphatic rings. The van der Waals surface area contributed by atoms with E-state index in [9.17, 15) is 34.7 Å². The van der Waals surface area contributed by atoms with E-state index in [1.54, 1.807) is 134 Å². The Hall–Kier alpha value is -14.3. The molecule has 4 atom stereocenters. The fourth-order valence-corrected chi connectivity index (χ4v) is 13.2. The van der Waals surface area contributed by atoms with Crippen molar-refractivity contribution >= 4 is 35.4 Å². The summed E-state index contributed by atoms with van der Waals surface area (Å²) in [4.78, 5) is 66.4. The van der Waals surface area contributed by atoms with Crippen LogP contribution in [-0.2, 0) is 61.1 Å². The second kappa shape index (κ2) is 46.5. The van der Waals surface area contributed by atoms with Gasteiger partial charge in [-0.05, 0) is 170 Å². The number of methoxy groups -OCH3 is 12. The molecule has 0 saturated heterocycles. The van der Waals surface area contributed by atoms with Crippen LogP contribution in [-0.4, -0.2) is 162 Å². The number of carbonyl (C=O) groups is 4. The number of carboxylic acid groups (broad SMARTS) is 1. The summed E-state index contributed by atoms with van der Waals surface area (Å²) < 4.78 is 61.5. The van der Waals surface area contributed by atoms with Crippen molar-refractivity contribution < 1.29 is 91.3 Å². The third kappa shape index (κ3) is 24.4. The van der Waals surface area contributed by atoms with Crippen molar-refractivity contribution in [2.75, 3.05) is 98.4 Å². The number of hydrogen-bond acceptors (Lipinski definition) is 27. The highest BCUT2D eigenvalue weighted by Crippen LogP contribution is 2.40. The van der Waals surface area contributed by atoms with Crippen LogP contribution in [0.1, 0.15) is 107 Å². The van der Waals surface area contributed by atoms with Crippen molar-refractivity contribution in [2.45, 2.75) is 56.1 Å². The normalized spacial score (nSPS) is 13.7. The van der Waals surface area contributed by atoms with Crippen LogP contribution in [0.3, 0.4) is 0 Å². The first-order chi connectivity index (χ1) is 58.2. The van der Waals surface area contributed by atoms with E-state index in [0.29, 0.717) is 91.3 Å². The van der Waals surface area contributed by atoms with Gasteiger partial charge in [0.15, 0.2) is 69.0 Å². The van der Waals surface area contributed by atoms with Crippen LogP contribution < -0.4 is 63.3 Å². The van der Waals surface area contributed by atoms with Gasteiger partial charge in [-0.2, -0.15) is 10.5 Å². The maximum absolute atomic E-state index is 12.3. The third-order valence-corrected chi connectivity index (χ3v) is 19.4. The molecule has 5 aromatic heterocycles. The summed E-state index contributed by atoms with van der Waals surface area (Å²) >= 11 is 5.54. The summed E-state index contributed by atoms with van der Waals surface area (Å²) in [5.74, 6) is 3.70. The number of amides is 1. The summed E-state index contributed by atoms with van der Waals surface area (Å²) in [6.07, 6.45) is 17.2. The molecule has 0 radical (unpaired) electrons. The maximum Gasteiger partial charge on any atom is 0.317 e. The van der Waals surface area contributed by atoms with Crippen LogP contribution in [0.4, 0.5) is 0 Å². The number of aromatic hydroxyl groups is 2. The summed E-state index contributed by atoms with van der Waals surface area (Å²) in [5.41, 5.74) is 13.5. The lowest BCUT2D eigenvalue weighted by Crippen LogP contribution is -2.35. The van der Waals surface area contributed by atoms with Gasteiger partial charge in [0.05, 0.1) is 126 Å². The number of nitrogens with zero attached hydrogens (tertiary/aromatic N) is 7. The van der Waals surface area contributed by atoms with Crippen LogP contribution in [0.15, 0.2) is 201 Å². The Balaban J connectivity index is 0.000000177. The number of ether oxygens (including phenoxy) is 12. The van der Waals surface area contributed by atoms with Gasteiger partial charge in [-0.3, -0.25) is 44.1 Å². The van der Waals surface area contributed by atoms with Crippen LogP contribution in [0.25, 0.3) is 0 Å². The Kier molecular flexibility index (Phi) is 35.3. The number of aliphatic carboxylic acids is 1. The van der Waals surface area contributed by atoms with E-state index in [0.717, 1.165) is 65.5 Å². The van der Waals surface area contributed by atoms with Crippen molar-refractivity contribution in [3.63, 3.8) is 0 Å². The molecule has 30 heteroatoms. The largest absolute Gasteiger partial charge is 0.504 e. The van der Waals surface area contributed by atoms with E-state index in [1.807, 2.05) is 73.2 Å². The molecule has 8 heterocycles. The number of esters is 2. The molecule has 0 spiro atoms. The van der Waals surface area contributed by atoms with Gasteiger partial charge in [0.1, 0.15) is 12.0 Å². The first kappa shape index (κ1) is 91.3. The third-order valence-electron chi connectivity index (χ3n) is 19.1. The Morgan fingerprint density at radius 3 is 1.32 bits per heavy atom. The van der Waals surface area contributed by atoms with E-state index < -0.39 is 17.9 Å². The minimum atomic E-state index is -0.864. The van der Waals surface area contributed by atoms with Crippen LogP contribution in [0.2, 0.25) is 5.02 Å². The molecule has 120 heavy (non-hydrogen) atoms. The number of fused-ring (bicyclic) bond motifs is 3. The molecule has 6 aromatic carbocycles. The molecular weight excluding hydrogens is 1560 g/mol. The summed E-state index contributed by atoms with van der Waals surface area (Å²) in [5, 5.41) is 55.3. The minimum absolute atomic E-state index is 0.0135. The topological polar surface area (TPSA) is 388 Å². The second-order valence-corrected chi connectivity index (χ2v) is 26.4. The van der Waals surface area contributed by atoms with Crippen molar-refractivity contribution in [1.82, 2.24) is 40.9 Å². The summed E-state index contributed by atoms with van der Waals surface area (Å²) in [6.45, 7) is 4.01. The van der Waals surface area contributed by atoms with Gasteiger partial charge in [0, 0.05) is 112 Å². The average molecular weight is 1650 g/mol. The number of halogens is 1. The van der Waals surface area contributed by atoms with Gasteiger partial charge < -0.3 is 88.1 Å². The zero-order valence-corrected chi connectivity index (χ0v) is 68.9. The maximum atomic E-state index is 12.3. The van der Waals surface area contributed by atoms with Gasteiger partial charge in [-0.25, -0.2) is 0 Å². The molecule has 6 N–H and O–H groups in total. The fraction of sp³-hybridized carbons (Fsp3) is 0.256. The predicted molar refractivity (Wildman–Crippen MR) is 445 cm³/mol. The van der Waals surface area contributed by atoms with E-state index in [4.69, 9.17) is 74.1 Å². The number of hydrogen-bond donors (Lipinski definition) is 6. The van der Waals surface area contributed by atoms with Crippen molar-refractivity contribution in [3.05, 3.63) is 290 Å². The SMILES string of the molecule is COC(=O)C(c1ccc(OC)c(OC)c1)c1cnccc1C#N.COC(=O)Cc1ccc(OC)c(OC)c1.COc1ccc(C2C(=O)NCc3ccncc32)cc1OC.COc1ccc(C2CNCc3ccncc32)cc1OC.COc1ccc(CC(=O)O)cc1OC.N#Cc1ccncc1Cl.Oc1ccc(C2CNCc3ccncc32)cc1O. The van der Waals surface area contributed by atoms with Gasteiger partial charge >= 0.3 is 17.9 Å². The molecule has 624 valence electrons. The van der Waals surface area contributed by atoms with E-state index in [1.165, 1.54) is 101 Å². The van der Waals surface area contributed by atoms with Gasteiger partial charge in [-0.1, -0.05) is 48.0 Å². The quantitative estimate of drug-likeness (QED) is 0.0305. The Morgan fingerprint density at radius 2 is 0.850 bits per heavy atom. The number of aromatic nitrogens is 5. The highest BCUT2D eigenvalue weighted by Gasteiger charge is 2.32. The zero-order valence-electron chi connectivity index (χ0n) is 68.2. The Labute approximate surface area is 700 Å². The first-order valence-corrected chi connectivity index (χ1v) is 37.4. The van der Waals surface area contributed by atoms with Crippen LogP contribution >= 0.6 is 11.6 Å². The predicted octanol–water partition coefficient (Wildman–Crippen LogP) is 12.6. The highest BCUT2D eigenvalue weighted by atomic mass is 35.5. The molecule has 0 aliphatic carbocycles. The number of phenols is 2. The standard InChI is InChI=1S/C17H16N2O4.C16H16N2O3.C16H18N2O2.C14H14N2O2.C11H14O4.C10H12O4.C6H3ClN2/c1-21-14-5-4-11(8-15(14)22-2)16(17(20)23-3)13-10-19-7-6-12(13)9-18;1-20-13-4-3-10(7-14(13)21-2)15-12-9-17-6-5-11(12)8-18-16(15)19;1-19-15-4-3-11(7-16(15)20-2)13-10-18-8-12-5-6-17-9-14(12)13;17-13-2-1-9(5-14(13)18)11-8-16-6-10-3-4-15-7-12(10)11;1-13-9-5-4-8(6-10(9)14-2)7-11(12)15-3;1-13-8-4-3-7(6-10(11)12)5-9(8)14-2;7-6-4-9-2-1-5(6)3-8/h4-8,10,16H,1-3H3;3-7,9,15H,8H2,1-2H3,(H,18,19);3-7,9,13,18H,8,10H2,1-2H3;1-5,7,11,16-18H,6,8H2;4-6H,7H2,1-3H3;3-5H,6H2,1-2H3,(H,11,12);1-2,4H. The van der Waals surface area contributed by atoms with E-state index in [-0.39, 0.29) is 48.1 Å². The molecular formula is C90H93ClN10O19. The molecule has 4 unspecified atom stereocenters. The molecule has 1 amide bonds. The summed E-state index contributed by atoms with van der Waals surface area (Å²) in [6, 6.07) is 45.3. The number of carboxylic acids is 1. The molecule has 0 bridgehead atoms. The van der Waals surface area contributed by atoms with Gasteiger partial charge in [0.2, 0.25) is 5.91 Å². The smallest absolute Gasteiger partial charge is 0.317 e. The number of phenolic OH excluding ortho intramolecular Hbond substituents is 2. The number of rotatable bonds is 20. The lowest BCUT2D eigenvalue weighted by atomic mass is 9.86. The lowest BCUT2D eigenvalue weighted by molar-refractivity contribution is -0.141. The average Bonchev–Trinajstić information content (AvgIpc) is 0.696. The highest BCUT2D eigenvalue weighted by molar-refractivity contribution is 6.31. The number of benzene rings is 6. The molecule has 3 aliphatic heterocycles. The Bertz CT molecular complexity index is 5380. The molecule has 0 fully saturated rings. The van der Waals surface area contributed by atoms with Crippen molar-refractivity contribution in [3.8, 4) is 81.1 Å². The minimum Gasteiger partial charge on any atom is -0.504 e. The van der Waals surface area contributed by atoms with Crippen LogP contribution in [0, 0.1) is 22.7 Å². The van der Waals surface area contributed by atoms with Gasteiger partial charge in [0.25, 0.3) is 0 Å². The van der Waals surface area contributed by atoms with Crippen molar-refractivity contribution in [2.24, 2.45) is 0 Å². The van der Waals surface area contributed by atoms with Crippen molar-refractivity contribution in [1.29, 1.82) is 10.5 Å². The fourth-order valence-electron chi connectivity index (χ4n) is 13.0. The molecule has 11 aromatic rings. The summed E-state index contributed by atoms with van der Waals surface area (Å²) in [7, 11) is 18.4. The number of carbonyl (C=O) groups excluding carboxylic acids is 3. The van der Waals surface area contributed by atoms with E-state index >= 15 is 0 Å². The zero-order chi connectivity index (χ0) is 86.6. The number of nitriles is 2. The monoisotopic (exact) mass is 1650 g/mol. The Morgan fingerprint density at radius 1 is 0.442 bits per heavy atom. The van der Waals surface area contributed by atoms with Crippen LogP contribution in [0.5, 0.6) is 69.0 Å². The van der Waals surface area contributed by atoms with Gasteiger partial charge in [-0.15, -0.1) is 0 Å². The second-order valence-electron chi connectivity index (χ2n) is 26.0. The number of nitrogens with one attached hydrogen (secondary N) is 3. The lowest BCUT2D eigenvalue weighted by Gasteiger charge is -2.26. The first-order valence-electron chi connectivity index (χ1n) is 37.0.